The van der Waals surface area contributed by atoms with Crippen molar-refractivity contribution < 1.29 is 0 Å². The summed E-state index contributed by atoms with van der Waals surface area (Å²) in [5.74, 6) is -0.268. The maximum Gasteiger partial charge on any atom is 0.271 e. The van der Waals surface area contributed by atoms with Crippen molar-refractivity contribution >= 4 is 59.2 Å². The van der Waals surface area contributed by atoms with E-state index < -0.39 is 0 Å². The maximum absolute atomic E-state index is 9.27. The van der Waals surface area contributed by atoms with Gasteiger partial charge < -0.3 is 0 Å². The lowest BCUT2D eigenvalue weighted by molar-refractivity contribution is 1.05. The fourth-order valence-corrected chi connectivity index (χ4v) is 4.19. The lowest BCUT2D eigenvalue weighted by Gasteiger charge is -2.11. The van der Waals surface area contributed by atoms with Crippen LogP contribution in [0.3, 0.4) is 0 Å². The number of amidine groups is 1. The van der Waals surface area contributed by atoms with Crippen molar-refractivity contribution in [2.45, 2.75) is 0 Å². The second-order valence-electron chi connectivity index (χ2n) is 5.08. The molecule has 0 fully saturated rings. The van der Waals surface area contributed by atoms with Crippen LogP contribution in [-0.2, 0) is 0 Å². The number of thiazole rings is 2. The molecule has 0 bridgehead atoms. The van der Waals surface area contributed by atoms with Gasteiger partial charge in [0.2, 0.25) is 16.5 Å². The van der Waals surface area contributed by atoms with Crippen LogP contribution in [0, 0.1) is 22.8 Å². The number of azo groups is 1. The molecular formula is C17H8N8S2. The summed E-state index contributed by atoms with van der Waals surface area (Å²) >= 11 is 2.83. The van der Waals surface area contributed by atoms with Crippen molar-refractivity contribution in [3.8, 4) is 12.3 Å². The molecule has 0 aliphatic heterocycles. The van der Waals surface area contributed by atoms with Crippen molar-refractivity contribution in [2.24, 2.45) is 15.3 Å². The molecule has 0 aliphatic carbocycles. The van der Waals surface area contributed by atoms with Gasteiger partial charge in [-0.2, -0.15) is 15.5 Å². The summed E-state index contributed by atoms with van der Waals surface area (Å²) in [5.41, 5.74) is 1.63. The third kappa shape index (κ3) is 3.35. The molecule has 27 heavy (non-hydrogen) atoms. The minimum atomic E-state index is -0.268. The fraction of sp³-hybridized carbons (Fsp3) is 0. The predicted octanol–water partition coefficient (Wildman–Crippen LogP) is 4.81. The van der Waals surface area contributed by atoms with E-state index in [0.717, 1.165) is 20.4 Å². The van der Waals surface area contributed by atoms with E-state index in [1.165, 1.54) is 33.9 Å². The van der Waals surface area contributed by atoms with Crippen LogP contribution in [0.5, 0.6) is 0 Å². The van der Waals surface area contributed by atoms with E-state index in [-0.39, 0.29) is 5.84 Å². The normalized spacial score (nSPS) is 11.7. The summed E-state index contributed by atoms with van der Waals surface area (Å²) in [6.07, 6.45) is 1.51. The topological polar surface area (TPSA) is 114 Å². The molecule has 0 atom stereocenters. The summed E-state index contributed by atoms with van der Waals surface area (Å²) in [5, 5.41) is 31.3. The van der Waals surface area contributed by atoms with Gasteiger partial charge in [-0.25, -0.2) is 9.97 Å². The van der Waals surface area contributed by atoms with Crippen molar-refractivity contribution in [2.75, 3.05) is 5.01 Å². The van der Waals surface area contributed by atoms with E-state index in [4.69, 9.17) is 5.26 Å². The molecule has 8 nitrogen and oxygen atoms in total. The van der Waals surface area contributed by atoms with Gasteiger partial charge in [0.05, 0.1) is 20.4 Å². The molecule has 10 heteroatoms. The monoisotopic (exact) mass is 388 g/mol. The smallest absolute Gasteiger partial charge is 0.218 e. The van der Waals surface area contributed by atoms with E-state index in [0.29, 0.717) is 10.3 Å². The van der Waals surface area contributed by atoms with Crippen molar-refractivity contribution in [1.29, 1.82) is 10.5 Å². The minimum absolute atomic E-state index is 0.268. The fourth-order valence-electron chi connectivity index (χ4n) is 2.30. The van der Waals surface area contributed by atoms with Gasteiger partial charge in [-0.15, -0.1) is 10.2 Å². The zero-order chi connectivity index (χ0) is 18.6. The van der Waals surface area contributed by atoms with Gasteiger partial charge in [-0.3, -0.25) is 0 Å². The lowest BCUT2D eigenvalue weighted by Crippen LogP contribution is -2.11. The number of fused-ring (bicyclic) bond motifs is 2. The zero-order valence-electron chi connectivity index (χ0n) is 13.5. The maximum atomic E-state index is 9.27. The van der Waals surface area contributed by atoms with Gasteiger partial charge in [-0.05, 0) is 24.3 Å². The molecule has 4 rings (SSSR count). The molecule has 4 aromatic rings. The molecule has 128 valence electrons. The highest BCUT2D eigenvalue weighted by atomic mass is 32.1. The third-order valence-electron chi connectivity index (χ3n) is 3.41. The Labute approximate surface area is 161 Å². The largest absolute Gasteiger partial charge is 0.271 e. The Hall–Kier alpha value is -3.73. The van der Waals surface area contributed by atoms with Crippen LogP contribution in [-0.4, -0.2) is 15.8 Å². The van der Waals surface area contributed by atoms with Gasteiger partial charge in [0.25, 0.3) is 5.84 Å². The Morgan fingerprint density at radius 3 is 1.93 bits per heavy atom. The van der Waals surface area contributed by atoms with Crippen molar-refractivity contribution in [3.05, 3.63) is 48.5 Å². The first-order chi connectivity index (χ1) is 13.3. The molecule has 0 unspecified atom stereocenters. The first-order valence-electron chi connectivity index (χ1n) is 7.58. The number of nitrogens with zero attached hydrogens (tertiary/aromatic N) is 8. The highest BCUT2D eigenvalue weighted by Gasteiger charge is 2.19. The molecule has 0 spiro atoms. The molecule has 0 amide bonds. The standard InChI is InChI=1S/C17H8N8S2/c18-9-15(23-20-10-19)24-25(16-21-11-5-1-3-7-13(11)26-16)17-22-12-6-2-4-8-14(12)27-17/h1-8H. The average molecular weight is 388 g/mol. The van der Waals surface area contributed by atoms with E-state index >= 15 is 0 Å². The Morgan fingerprint density at radius 2 is 1.44 bits per heavy atom. The number of aromatic nitrogens is 2. The van der Waals surface area contributed by atoms with Gasteiger partial charge in [0, 0.05) is 0 Å². The summed E-state index contributed by atoms with van der Waals surface area (Å²) < 4.78 is 1.96. The van der Waals surface area contributed by atoms with Gasteiger partial charge in [0.15, 0.2) is 0 Å². The number of benzene rings is 2. The summed E-state index contributed by atoms with van der Waals surface area (Å²) in [6.45, 7) is 0. The molecule has 0 aliphatic rings. The predicted molar refractivity (Wildman–Crippen MR) is 105 cm³/mol. The third-order valence-corrected chi connectivity index (χ3v) is 5.44. The quantitative estimate of drug-likeness (QED) is 0.164. The van der Waals surface area contributed by atoms with Crippen LogP contribution in [0.2, 0.25) is 0 Å². The zero-order valence-corrected chi connectivity index (χ0v) is 15.1. The SMILES string of the molecule is N#CN=NC(C#N)=NN(c1nc2ccccc2s1)c1nc2ccccc2s1. The van der Waals surface area contributed by atoms with Crippen molar-refractivity contribution in [3.63, 3.8) is 0 Å². The minimum Gasteiger partial charge on any atom is -0.218 e. The second kappa shape index (κ2) is 7.25. The number of para-hydroxylation sites is 2. The van der Waals surface area contributed by atoms with E-state index in [2.05, 4.69) is 25.3 Å². The van der Waals surface area contributed by atoms with Crippen LogP contribution in [0.4, 0.5) is 10.3 Å². The first kappa shape index (κ1) is 16.7. The molecule has 0 N–H and O–H groups in total. The number of hydrazone groups is 1. The molecular weight excluding hydrogens is 380 g/mol. The lowest BCUT2D eigenvalue weighted by atomic mass is 10.3. The number of nitriles is 2. The summed E-state index contributed by atoms with van der Waals surface area (Å²) in [4.78, 5) is 9.17. The Kier molecular flexibility index (Phi) is 4.49. The summed E-state index contributed by atoms with van der Waals surface area (Å²) in [7, 11) is 0. The van der Waals surface area contributed by atoms with E-state index in [9.17, 15) is 5.26 Å². The van der Waals surface area contributed by atoms with Gasteiger partial charge in [-0.1, -0.05) is 52.1 Å². The van der Waals surface area contributed by atoms with Crippen LogP contribution in [0.25, 0.3) is 20.4 Å². The van der Waals surface area contributed by atoms with Gasteiger partial charge in [0.1, 0.15) is 6.07 Å². The average Bonchev–Trinajstić information content (AvgIpc) is 3.32. The van der Waals surface area contributed by atoms with Crippen LogP contribution in [0.15, 0.2) is 63.9 Å². The number of hydrogen-bond donors (Lipinski definition) is 0. The number of rotatable bonds is 3. The van der Waals surface area contributed by atoms with Crippen LogP contribution >= 0.6 is 22.7 Å². The van der Waals surface area contributed by atoms with Gasteiger partial charge >= 0.3 is 0 Å². The van der Waals surface area contributed by atoms with Crippen molar-refractivity contribution in [1.82, 2.24) is 9.97 Å². The molecule has 2 aromatic heterocycles. The number of anilines is 2. The molecule has 0 saturated heterocycles. The summed E-state index contributed by atoms with van der Waals surface area (Å²) in [6, 6.07) is 17.2. The highest BCUT2D eigenvalue weighted by molar-refractivity contribution is 7.24. The Morgan fingerprint density at radius 1 is 0.889 bits per heavy atom. The van der Waals surface area contributed by atoms with Crippen LogP contribution < -0.4 is 5.01 Å². The molecule has 2 aromatic carbocycles. The molecule has 0 saturated carbocycles. The Balaban J connectivity index is 1.88. The molecule has 0 radical (unpaired) electrons. The highest BCUT2D eigenvalue weighted by Crippen LogP contribution is 2.37. The second-order valence-corrected chi connectivity index (χ2v) is 7.09. The first-order valence-corrected chi connectivity index (χ1v) is 9.21. The molecule has 2 heterocycles. The number of hydrogen-bond acceptors (Lipinski definition) is 9. The van der Waals surface area contributed by atoms with E-state index in [1.807, 2.05) is 54.6 Å². The van der Waals surface area contributed by atoms with E-state index in [1.54, 1.807) is 0 Å². The Bertz CT molecular complexity index is 1130. The van der Waals surface area contributed by atoms with Crippen LogP contribution in [0.1, 0.15) is 0 Å².